The highest BCUT2D eigenvalue weighted by Gasteiger charge is 2.39. The van der Waals surface area contributed by atoms with Crippen LogP contribution >= 0.6 is 0 Å². The Morgan fingerprint density at radius 1 is 0.938 bits per heavy atom. The molecule has 0 aromatic heterocycles. The van der Waals surface area contributed by atoms with Gasteiger partial charge in [-0.2, -0.15) is 26.3 Å². The molecule has 0 radical (unpaired) electrons. The molecule has 0 saturated carbocycles. The lowest BCUT2D eigenvalue weighted by Gasteiger charge is -2.28. The van der Waals surface area contributed by atoms with Crippen LogP contribution in [0.1, 0.15) is 55.1 Å². The van der Waals surface area contributed by atoms with Gasteiger partial charge in [-0.15, -0.1) is 0 Å². The van der Waals surface area contributed by atoms with Crippen molar-refractivity contribution in [3.8, 4) is 0 Å². The first-order valence-corrected chi connectivity index (χ1v) is 9.38. The summed E-state index contributed by atoms with van der Waals surface area (Å²) in [7, 11) is 0. The van der Waals surface area contributed by atoms with Gasteiger partial charge >= 0.3 is 18.4 Å². The summed E-state index contributed by atoms with van der Waals surface area (Å²) in [5.41, 5.74) is -1.40. The second-order valence-electron chi connectivity index (χ2n) is 8.07. The SMILES string of the molecule is CC(C)(C)OC(=O)N1CCCC1C(=O)NNC(=O)c1cc(C(F)(F)F)cc(C(F)(F)F)c1. The second kappa shape index (κ2) is 8.87. The third-order valence-electron chi connectivity index (χ3n) is 4.33. The van der Waals surface area contributed by atoms with Crippen molar-refractivity contribution >= 4 is 17.9 Å². The van der Waals surface area contributed by atoms with Crippen LogP contribution < -0.4 is 10.9 Å². The Bertz CT molecular complexity index is 860. The summed E-state index contributed by atoms with van der Waals surface area (Å²) >= 11 is 0. The van der Waals surface area contributed by atoms with Crippen molar-refractivity contribution in [1.82, 2.24) is 15.8 Å². The predicted octanol–water partition coefficient (Wildman–Crippen LogP) is 3.88. The lowest BCUT2D eigenvalue weighted by atomic mass is 10.0. The largest absolute Gasteiger partial charge is 0.444 e. The molecule has 1 fully saturated rings. The molecule has 1 unspecified atom stereocenters. The van der Waals surface area contributed by atoms with Gasteiger partial charge in [-0.3, -0.25) is 25.3 Å². The Morgan fingerprint density at radius 3 is 1.94 bits per heavy atom. The van der Waals surface area contributed by atoms with E-state index in [1.807, 2.05) is 5.43 Å². The monoisotopic (exact) mass is 469 g/mol. The summed E-state index contributed by atoms with van der Waals surface area (Å²) in [6.07, 6.45) is -10.3. The molecule has 1 saturated heterocycles. The van der Waals surface area contributed by atoms with Crippen LogP contribution in [0.15, 0.2) is 18.2 Å². The number of rotatable bonds is 2. The summed E-state index contributed by atoms with van der Waals surface area (Å²) in [5, 5.41) is 0. The predicted molar refractivity (Wildman–Crippen MR) is 98.0 cm³/mol. The summed E-state index contributed by atoms with van der Waals surface area (Å²) in [4.78, 5) is 37.9. The molecule has 2 N–H and O–H groups in total. The van der Waals surface area contributed by atoms with Crippen molar-refractivity contribution in [2.24, 2.45) is 0 Å². The minimum absolute atomic E-state index is 0.118. The maximum Gasteiger partial charge on any atom is 0.416 e. The average molecular weight is 469 g/mol. The van der Waals surface area contributed by atoms with Crippen molar-refractivity contribution < 1.29 is 45.5 Å². The standard InChI is InChI=1S/C19H21F6N3O4/c1-17(2,3)32-16(31)28-6-4-5-13(28)15(30)27-26-14(29)10-7-11(18(20,21)22)9-12(8-10)19(23,24)25/h7-9,13H,4-6H2,1-3H3,(H,26,29)(H,27,30). The van der Waals surface area contributed by atoms with E-state index in [-0.39, 0.29) is 31.2 Å². The van der Waals surface area contributed by atoms with Crippen molar-refractivity contribution in [1.29, 1.82) is 0 Å². The first-order chi connectivity index (χ1) is 14.5. The summed E-state index contributed by atoms with van der Waals surface area (Å²) in [6.45, 7) is 5.07. The molecule has 1 heterocycles. The van der Waals surface area contributed by atoms with Crippen LogP contribution in [0.25, 0.3) is 0 Å². The number of hydrogen-bond acceptors (Lipinski definition) is 4. The van der Waals surface area contributed by atoms with Crippen molar-refractivity contribution in [2.45, 2.75) is 57.6 Å². The van der Waals surface area contributed by atoms with Gasteiger partial charge in [0.1, 0.15) is 11.6 Å². The van der Waals surface area contributed by atoms with E-state index >= 15 is 0 Å². The molecule has 3 amide bonds. The first-order valence-electron chi connectivity index (χ1n) is 9.38. The topological polar surface area (TPSA) is 87.7 Å². The highest BCUT2D eigenvalue weighted by Crippen LogP contribution is 2.36. The zero-order valence-corrected chi connectivity index (χ0v) is 17.3. The number of amides is 3. The number of nitrogens with zero attached hydrogens (tertiary/aromatic N) is 1. The fourth-order valence-corrected chi connectivity index (χ4v) is 2.94. The van der Waals surface area contributed by atoms with Gasteiger partial charge in [0, 0.05) is 12.1 Å². The Kier molecular flexibility index (Phi) is 7.00. The molecule has 1 aliphatic heterocycles. The quantitative estimate of drug-likeness (QED) is 0.508. The number of hydrazine groups is 1. The maximum atomic E-state index is 12.9. The molecule has 1 aromatic carbocycles. The second-order valence-corrected chi connectivity index (χ2v) is 8.07. The van der Waals surface area contributed by atoms with Crippen molar-refractivity contribution in [3.63, 3.8) is 0 Å². The van der Waals surface area contributed by atoms with E-state index in [1.165, 1.54) is 0 Å². The molecule has 0 bridgehead atoms. The number of hydrogen-bond donors (Lipinski definition) is 2. The first kappa shape index (κ1) is 25.3. The normalized spacial score (nSPS) is 17.2. The molecular weight excluding hydrogens is 448 g/mol. The zero-order chi connectivity index (χ0) is 24.5. The Morgan fingerprint density at radius 2 is 1.47 bits per heavy atom. The molecule has 1 aromatic rings. The van der Waals surface area contributed by atoms with Crippen LogP contribution in [-0.4, -0.2) is 41.0 Å². The van der Waals surface area contributed by atoms with E-state index in [0.29, 0.717) is 6.42 Å². The van der Waals surface area contributed by atoms with Crippen LogP contribution in [0.3, 0.4) is 0 Å². The highest BCUT2D eigenvalue weighted by atomic mass is 19.4. The fourth-order valence-electron chi connectivity index (χ4n) is 2.94. The summed E-state index contributed by atoms with van der Waals surface area (Å²) in [6, 6.07) is -0.678. The Hall–Kier alpha value is -2.99. The average Bonchev–Trinajstić information content (AvgIpc) is 3.12. The van der Waals surface area contributed by atoms with Crippen molar-refractivity contribution in [2.75, 3.05) is 6.54 Å². The molecule has 0 aliphatic carbocycles. The molecule has 178 valence electrons. The fraction of sp³-hybridized carbons (Fsp3) is 0.526. The van der Waals surface area contributed by atoms with Crippen LogP contribution in [0.5, 0.6) is 0 Å². The number of carbonyl (C=O) groups is 3. The van der Waals surface area contributed by atoms with Gasteiger partial charge in [0.15, 0.2) is 0 Å². The van der Waals surface area contributed by atoms with E-state index in [9.17, 15) is 40.7 Å². The van der Waals surface area contributed by atoms with Gasteiger partial charge in [0.2, 0.25) is 0 Å². The minimum atomic E-state index is -5.13. The number of benzene rings is 1. The van der Waals surface area contributed by atoms with E-state index in [1.54, 1.807) is 26.2 Å². The number of carbonyl (C=O) groups excluding carboxylic acids is 3. The minimum Gasteiger partial charge on any atom is -0.444 e. The van der Waals surface area contributed by atoms with Gasteiger partial charge in [0.25, 0.3) is 11.8 Å². The van der Waals surface area contributed by atoms with Gasteiger partial charge in [-0.25, -0.2) is 4.79 Å². The van der Waals surface area contributed by atoms with Gasteiger partial charge in [0.05, 0.1) is 11.1 Å². The number of ether oxygens (including phenoxy) is 1. The van der Waals surface area contributed by atoms with Gasteiger partial charge in [-0.05, 0) is 51.8 Å². The number of nitrogens with one attached hydrogen (secondary N) is 2. The molecule has 2 rings (SSSR count). The lowest BCUT2D eigenvalue weighted by Crippen LogP contribution is -2.52. The Balaban J connectivity index is 2.13. The molecular formula is C19H21F6N3O4. The van der Waals surface area contributed by atoms with E-state index in [4.69, 9.17) is 4.74 Å². The van der Waals surface area contributed by atoms with E-state index in [2.05, 4.69) is 0 Å². The smallest absolute Gasteiger partial charge is 0.416 e. The summed E-state index contributed by atoms with van der Waals surface area (Å²) in [5.74, 6) is -2.26. The lowest BCUT2D eigenvalue weighted by molar-refractivity contribution is -0.143. The third kappa shape index (κ3) is 6.50. The summed E-state index contributed by atoms with van der Waals surface area (Å²) < 4.78 is 82.8. The van der Waals surface area contributed by atoms with Crippen LogP contribution in [0, 0.1) is 0 Å². The van der Waals surface area contributed by atoms with Crippen LogP contribution in [0.4, 0.5) is 31.1 Å². The molecule has 1 aliphatic rings. The highest BCUT2D eigenvalue weighted by molar-refractivity contribution is 5.96. The third-order valence-corrected chi connectivity index (χ3v) is 4.33. The van der Waals surface area contributed by atoms with E-state index in [0.717, 1.165) is 4.90 Å². The molecule has 32 heavy (non-hydrogen) atoms. The van der Waals surface area contributed by atoms with Gasteiger partial charge in [-0.1, -0.05) is 0 Å². The number of likely N-dealkylation sites (tertiary alicyclic amines) is 1. The molecule has 0 spiro atoms. The van der Waals surface area contributed by atoms with Crippen molar-refractivity contribution in [3.05, 3.63) is 34.9 Å². The van der Waals surface area contributed by atoms with Crippen LogP contribution in [-0.2, 0) is 21.9 Å². The molecule has 1 atom stereocenters. The van der Waals surface area contributed by atoms with E-state index < -0.39 is 58.6 Å². The zero-order valence-electron chi connectivity index (χ0n) is 17.3. The molecule has 7 nitrogen and oxygen atoms in total. The number of halogens is 6. The Labute approximate surface area is 179 Å². The van der Waals surface area contributed by atoms with Crippen LogP contribution in [0.2, 0.25) is 0 Å². The molecule has 13 heteroatoms. The van der Waals surface area contributed by atoms with Gasteiger partial charge < -0.3 is 4.74 Å². The number of alkyl halides is 6. The maximum absolute atomic E-state index is 12.9.